The summed E-state index contributed by atoms with van der Waals surface area (Å²) in [6, 6.07) is 0. The second kappa shape index (κ2) is 5.07. The first kappa shape index (κ1) is 10.3. The van der Waals surface area contributed by atoms with Gasteiger partial charge in [0.05, 0.1) is 6.10 Å². The van der Waals surface area contributed by atoms with E-state index in [0.717, 1.165) is 25.7 Å². The molecule has 1 rings (SSSR count). The van der Waals surface area contributed by atoms with Crippen molar-refractivity contribution in [1.29, 1.82) is 0 Å². The van der Waals surface area contributed by atoms with E-state index < -0.39 is 18.4 Å². The maximum Gasteiger partial charge on any atom is 0.506 e. The van der Waals surface area contributed by atoms with Crippen LogP contribution in [0.3, 0.4) is 0 Å². The Morgan fingerprint density at radius 1 is 1.15 bits per heavy atom. The fourth-order valence-corrected chi connectivity index (χ4v) is 1.70. The molecule has 0 spiro atoms. The third kappa shape index (κ3) is 3.63. The minimum absolute atomic E-state index is 0.516. The van der Waals surface area contributed by atoms with Crippen LogP contribution in [-0.4, -0.2) is 28.6 Å². The van der Waals surface area contributed by atoms with Crippen LogP contribution in [0.25, 0.3) is 0 Å². The minimum atomic E-state index is -1.29. The SMILES string of the molecule is O=C(O)OC1CCCCCCC1O. The Bertz CT molecular complexity index is 169. The molecule has 0 aromatic carbocycles. The van der Waals surface area contributed by atoms with E-state index in [9.17, 15) is 9.90 Å². The highest BCUT2D eigenvalue weighted by molar-refractivity contribution is 5.57. The lowest BCUT2D eigenvalue weighted by atomic mass is 9.96. The van der Waals surface area contributed by atoms with Gasteiger partial charge in [-0.15, -0.1) is 0 Å². The van der Waals surface area contributed by atoms with Gasteiger partial charge in [0.1, 0.15) is 6.10 Å². The minimum Gasteiger partial charge on any atom is -0.450 e. The van der Waals surface area contributed by atoms with Crippen molar-refractivity contribution in [2.24, 2.45) is 0 Å². The first-order chi connectivity index (χ1) is 6.20. The molecule has 0 saturated heterocycles. The average Bonchev–Trinajstić information content (AvgIpc) is 2.04. The molecule has 1 saturated carbocycles. The molecule has 2 N–H and O–H groups in total. The molecule has 1 fully saturated rings. The van der Waals surface area contributed by atoms with E-state index in [1.54, 1.807) is 0 Å². The van der Waals surface area contributed by atoms with Crippen LogP contribution < -0.4 is 0 Å². The van der Waals surface area contributed by atoms with E-state index in [1.165, 1.54) is 0 Å². The van der Waals surface area contributed by atoms with Gasteiger partial charge >= 0.3 is 6.16 Å². The highest BCUT2D eigenvalue weighted by Gasteiger charge is 2.23. The first-order valence-corrected chi connectivity index (χ1v) is 4.78. The second-order valence-corrected chi connectivity index (χ2v) is 3.48. The number of ether oxygens (including phenoxy) is 1. The lowest BCUT2D eigenvalue weighted by Crippen LogP contribution is -2.31. The van der Waals surface area contributed by atoms with Gasteiger partial charge in [0.15, 0.2) is 0 Å². The van der Waals surface area contributed by atoms with Gasteiger partial charge < -0.3 is 14.9 Å². The van der Waals surface area contributed by atoms with Crippen molar-refractivity contribution >= 4 is 6.16 Å². The number of hydrogen-bond donors (Lipinski definition) is 2. The number of rotatable bonds is 1. The summed E-state index contributed by atoms with van der Waals surface area (Å²) in [6.07, 6.45) is 3.00. The number of carbonyl (C=O) groups is 1. The molecule has 0 heterocycles. The van der Waals surface area contributed by atoms with Crippen LogP contribution in [0.15, 0.2) is 0 Å². The summed E-state index contributed by atoms with van der Waals surface area (Å²) < 4.78 is 4.61. The van der Waals surface area contributed by atoms with Crippen LogP contribution in [0.2, 0.25) is 0 Å². The van der Waals surface area contributed by atoms with Crippen molar-refractivity contribution < 1.29 is 19.7 Å². The van der Waals surface area contributed by atoms with Crippen molar-refractivity contribution in [2.75, 3.05) is 0 Å². The largest absolute Gasteiger partial charge is 0.506 e. The van der Waals surface area contributed by atoms with Gasteiger partial charge in [-0.3, -0.25) is 0 Å². The average molecular weight is 188 g/mol. The third-order valence-electron chi connectivity index (χ3n) is 2.42. The fraction of sp³-hybridized carbons (Fsp3) is 0.889. The standard InChI is InChI=1S/C9H16O4/c10-7-5-3-1-2-4-6-8(7)13-9(11)12/h7-8,10H,1-6H2,(H,11,12). The molecule has 13 heavy (non-hydrogen) atoms. The van der Waals surface area contributed by atoms with Gasteiger partial charge in [0, 0.05) is 0 Å². The molecule has 0 bridgehead atoms. The molecule has 0 radical (unpaired) electrons. The van der Waals surface area contributed by atoms with E-state index in [-0.39, 0.29) is 0 Å². The van der Waals surface area contributed by atoms with Crippen LogP contribution in [-0.2, 0) is 4.74 Å². The smallest absolute Gasteiger partial charge is 0.450 e. The Kier molecular flexibility index (Phi) is 4.02. The molecule has 1 aliphatic carbocycles. The molecule has 2 atom stereocenters. The van der Waals surface area contributed by atoms with Crippen molar-refractivity contribution in [2.45, 2.75) is 50.7 Å². The third-order valence-corrected chi connectivity index (χ3v) is 2.42. The normalized spacial score (nSPS) is 30.2. The lowest BCUT2D eigenvalue weighted by Gasteiger charge is -2.23. The number of aliphatic hydroxyl groups excluding tert-OH is 1. The lowest BCUT2D eigenvalue weighted by molar-refractivity contribution is -0.0299. The Hall–Kier alpha value is -0.770. The highest BCUT2D eigenvalue weighted by atomic mass is 16.7. The van der Waals surface area contributed by atoms with Gasteiger partial charge in [-0.25, -0.2) is 4.79 Å². The molecule has 4 nitrogen and oxygen atoms in total. The topological polar surface area (TPSA) is 66.8 Å². The summed E-state index contributed by atoms with van der Waals surface area (Å²) in [6.45, 7) is 0. The van der Waals surface area contributed by atoms with Crippen LogP contribution in [0.1, 0.15) is 38.5 Å². The molecular weight excluding hydrogens is 172 g/mol. The molecule has 1 aliphatic rings. The Morgan fingerprint density at radius 3 is 2.38 bits per heavy atom. The van der Waals surface area contributed by atoms with Gasteiger partial charge in [-0.2, -0.15) is 0 Å². The maximum absolute atomic E-state index is 10.3. The summed E-state index contributed by atoms with van der Waals surface area (Å²) >= 11 is 0. The van der Waals surface area contributed by atoms with E-state index in [1.807, 2.05) is 0 Å². The second-order valence-electron chi connectivity index (χ2n) is 3.48. The summed E-state index contributed by atoms with van der Waals surface area (Å²) in [7, 11) is 0. The Labute approximate surface area is 77.5 Å². The zero-order chi connectivity index (χ0) is 9.68. The predicted molar refractivity (Wildman–Crippen MR) is 46.6 cm³/mol. The molecule has 0 aliphatic heterocycles. The van der Waals surface area contributed by atoms with Gasteiger partial charge in [0.2, 0.25) is 0 Å². The summed E-state index contributed by atoms with van der Waals surface area (Å²) in [4.78, 5) is 10.3. The van der Waals surface area contributed by atoms with Gasteiger partial charge in [-0.05, 0) is 19.3 Å². The number of aliphatic hydroxyl groups is 1. The molecule has 0 aromatic heterocycles. The maximum atomic E-state index is 10.3. The van der Waals surface area contributed by atoms with Crippen molar-refractivity contribution in [3.8, 4) is 0 Å². The molecule has 4 heteroatoms. The van der Waals surface area contributed by atoms with Crippen molar-refractivity contribution in [3.63, 3.8) is 0 Å². The van der Waals surface area contributed by atoms with Crippen LogP contribution in [0.5, 0.6) is 0 Å². The van der Waals surface area contributed by atoms with Crippen molar-refractivity contribution in [3.05, 3.63) is 0 Å². The van der Waals surface area contributed by atoms with Gasteiger partial charge in [-0.1, -0.05) is 19.3 Å². The van der Waals surface area contributed by atoms with E-state index >= 15 is 0 Å². The molecule has 76 valence electrons. The summed E-state index contributed by atoms with van der Waals surface area (Å²) in [5, 5.41) is 17.9. The van der Waals surface area contributed by atoms with E-state index in [4.69, 9.17) is 5.11 Å². The fourth-order valence-electron chi connectivity index (χ4n) is 1.70. The molecule has 2 unspecified atom stereocenters. The van der Waals surface area contributed by atoms with Gasteiger partial charge in [0.25, 0.3) is 0 Å². The first-order valence-electron chi connectivity index (χ1n) is 4.78. The zero-order valence-corrected chi connectivity index (χ0v) is 7.61. The summed E-state index contributed by atoms with van der Waals surface area (Å²) in [5.74, 6) is 0. The highest BCUT2D eigenvalue weighted by Crippen LogP contribution is 2.20. The zero-order valence-electron chi connectivity index (χ0n) is 7.61. The predicted octanol–water partition coefficient (Wildman–Crippen LogP) is 1.76. The van der Waals surface area contributed by atoms with E-state index in [0.29, 0.717) is 12.8 Å². The van der Waals surface area contributed by atoms with Crippen molar-refractivity contribution in [1.82, 2.24) is 0 Å². The number of hydrogen-bond acceptors (Lipinski definition) is 3. The molecule has 0 amide bonds. The van der Waals surface area contributed by atoms with Crippen LogP contribution in [0, 0.1) is 0 Å². The monoisotopic (exact) mass is 188 g/mol. The number of carboxylic acid groups (broad SMARTS) is 1. The van der Waals surface area contributed by atoms with Crippen LogP contribution >= 0.6 is 0 Å². The Balaban J connectivity index is 2.41. The molecular formula is C9H16O4. The summed E-state index contributed by atoms with van der Waals surface area (Å²) in [5.41, 5.74) is 0. The molecule has 0 aromatic rings. The van der Waals surface area contributed by atoms with E-state index in [2.05, 4.69) is 4.74 Å². The Morgan fingerprint density at radius 2 is 1.77 bits per heavy atom. The quantitative estimate of drug-likeness (QED) is 0.615. The van der Waals surface area contributed by atoms with Crippen LogP contribution in [0.4, 0.5) is 4.79 Å².